The van der Waals surface area contributed by atoms with Crippen LogP contribution in [0.3, 0.4) is 0 Å². The minimum atomic E-state index is -4.52. The maximum absolute atomic E-state index is 13.2. The largest absolute Gasteiger partial charge is 0.433 e. The van der Waals surface area contributed by atoms with E-state index in [9.17, 15) is 18.0 Å². The van der Waals surface area contributed by atoms with Gasteiger partial charge in [0.25, 0.3) is 5.91 Å². The molecule has 2 fully saturated rings. The number of carbonyl (C=O) groups excluding carboxylic acids is 1. The number of amides is 1. The van der Waals surface area contributed by atoms with E-state index in [1.54, 1.807) is 23.0 Å². The number of hydrogen-bond donors (Lipinski definition) is 2. The number of alkyl halides is 3. The van der Waals surface area contributed by atoms with Crippen molar-refractivity contribution in [2.24, 2.45) is 5.92 Å². The van der Waals surface area contributed by atoms with Gasteiger partial charge in [-0.3, -0.25) is 14.5 Å². The van der Waals surface area contributed by atoms with Crippen LogP contribution >= 0.6 is 0 Å². The van der Waals surface area contributed by atoms with Crippen molar-refractivity contribution in [2.75, 3.05) is 32.2 Å². The van der Waals surface area contributed by atoms with E-state index < -0.39 is 11.9 Å². The predicted octanol–water partition coefficient (Wildman–Crippen LogP) is 3.12. The Kier molecular flexibility index (Phi) is 6.88. The quantitative estimate of drug-likeness (QED) is 0.370. The Morgan fingerprint density at radius 2 is 1.88 bits per heavy atom. The van der Waals surface area contributed by atoms with Gasteiger partial charge in [-0.25, -0.2) is 4.52 Å². The molecule has 0 saturated carbocycles. The molecule has 6 heterocycles. The Bertz CT molecular complexity index is 1510. The molecule has 0 bridgehead atoms. The summed E-state index contributed by atoms with van der Waals surface area (Å²) < 4.78 is 53.5. The standard InChI is InChI=1S/C26H27F3N8O3/c27-26(28,29)21-2-1-16(11-31-21)23(15-3-6-39-7-4-15)36-13-18(12-32-36)17-9-20(24(38)33-19-5-8-40-14-19)37-22(10-17)34-25(30)35-37/h1-2,9-13,15,19,23H,3-8,14H2,(H2,30,35)(H,33,38)/t19-,23?/m0/s1. The molecule has 11 nitrogen and oxygen atoms in total. The molecular formula is C26H27F3N8O3. The molecule has 2 aliphatic rings. The van der Waals surface area contributed by atoms with Crippen LogP contribution in [0.5, 0.6) is 0 Å². The Morgan fingerprint density at radius 3 is 2.58 bits per heavy atom. The third-order valence-corrected chi connectivity index (χ3v) is 7.30. The van der Waals surface area contributed by atoms with Crippen LogP contribution in [0, 0.1) is 5.92 Å². The van der Waals surface area contributed by atoms with Crippen LogP contribution in [-0.4, -0.2) is 67.7 Å². The van der Waals surface area contributed by atoms with Gasteiger partial charge in [-0.1, -0.05) is 6.07 Å². The minimum absolute atomic E-state index is 0.0282. The van der Waals surface area contributed by atoms with Crippen molar-refractivity contribution in [3.63, 3.8) is 0 Å². The molecule has 0 radical (unpaired) electrons. The summed E-state index contributed by atoms with van der Waals surface area (Å²) in [5.41, 5.74) is 7.52. The fourth-order valence-electron chi connectivity index (χ4n) is 5.30. The Hall–Kier alpha value is -4.04. The number of ether oxygens (including phenoxy) is 2. The molecule has 2 saturated heterocycles. The van der Waals surface area contributed by atoms with Gasteiger partial charge in [0.05, 0.1) is 24.9 Å². The van der Waals surface area contributed by atoms with Crippen molar-refractivity contribution < 1.29 is 27.4 Å². The number of anilines is 1. The number of aromatic nitrogens is 6. The SMILES string of the molecule is Nc1nc2cc(-c3cnn(C(c4ccc(C(F)(F)F)nc4)C4CCOCC4)c3)cc(C(=O)N[C@H]3CCOC3)n2n1. The van der Waals surface area contributed by atoms with Gasteiger partial charge in [0.15, 0.2) is 5.65 Å². The molecule has 210 valence electrons. The van der Waals surface area contributed by atoms with E-state index in [2.05, 4.69) is 25.5 Å². The molecule has 14 heteroatoms. The molecule has 0 aromatic carbocycles. The van der Waals surface area contributed by atoms with Gasteiger partial charge in [-0.15, -0.1) is 5.10 Å². The normalized spacial score (nSPS) is 19.2. The number of nitrogens with one attached hydrogen (secondary N) is 1. The van der Waals surface area contributed by atoms with Gasteiger partial charge in [0, 0.05) is 37.8 Å². The number of nitrogens with zero attached hydrogens (tertiary/aromatic N) is 6. The van der Waals surface area contributed by atoms with Gasteiger partial charge in [-0.05, 0) is 54.5 Å². The monoisotopic (exact) mass is 556 g/mol. The maximum Gasteiger partial charge on any atom is 0.433 e. The number of fused-ring (bicyclic) bond motifs is 1. The van der Waals surface area contributed by atoms with Crippen LogP contribution in [0.15, 0.2) is 42.9 Å². The molecule has 4 aromatic rings. The summed E-state index contributed by atoms with van der Waals surface area (Å²) >= 11 is 0. The summed E-state index contributed by atoms with van der Waals surface area (Å²) in [6, 6.07) is 5.44. The fourth-order valence-corrected chi connectivity index (χ4v) is 5.30. The lowest BCUT2D eigenvalue weighted by molar-refractivity contribution is -0.141. The highest BCUT2D eigenvalue weighted by Crippen LogP contribution is 2.36. The van der Waals surface area contributed by atoms with Crippen molar-refractivity contribution >= 4 is 17.5 Å². The van der Waals surface area contributed by atoms with E-state index in [1.807, 2.05) is 6.20 Å². The second-order valence-electron chi connectivity index (χ2n) is 9.98. The second kappa shape index (κ2) is 10.5. The Labute approximate surface area is 226 Å². The molecule has 3 N–H and O–H groups in total. The summed E-state index contributed by atoms with van der Waals surface area (Å²) in [7, 11) is 0. The van der Waals surface area contributed by atoms with E-state index in [0.29, 0.717) is 55.2 Å². The van der Waals surface area contributed by atoms with E-state index in [-0.39, 0.29) is 35.6 Å². The third-order valence-electron chi connectivity index (χ3n) is 7.30. The lowest BCUT2D eigenvalue weighted by Crippen LogP contribution is -2.36. The Balaban J connectivity index is 1.36. The molecular weight excluding hydrogens is 529 g/mol. The predicted molar refractivity (Wildman–Crippen MR) is 136 cm³/mol. The van der Waals surface area contributed by atoms with Crippen molar-refractivity contribution in [3.05, 3.63) is 59.8 Å². The number of nitrogens with two attached hydrogens (primary N) is 1. The van der Waals surface area contributed by atoms with Crippen LogP contribution in [0.25, 0.3) is 16.8 Å². The van der Waals surface area contributed by atoms with Crippen LogP contribution in [0.2, 0.25) is 0 Å². The van der Waals surface area contributed by atoms with Gasteiger partial charge in [0.2, 0.25) is 5.95 Å². The Morgan fingerprint density at radius 1 is 1.07 bits per heavy atom. The zero-order chi connectivity index (χ0) is 27.9. The lowest BCUT2D eigenvalue weighted by Gasteiger charge is -2.30. The van der Waals surface area contributed by atoms with Gasteiger partial charge < -0.3 is 20.5 Å². The highest BCUT2D eigenvalue weighted by atomic mass is 19.4. The topological polar surface area (TPSA) is 134 Å². The summed E-state index contributed by atoms with van der Waals surface area (Å²) in [5.74, 6) is -0.232. The third kappa shape index (κ3) is 5.23. The second-order valence-corrected chi connectivity index (χ2v) is 9.98. The molecule has 40 heavy (non-hydrogen) atoms. The van der Waals surface area contributed by atoms with Crippen LogP contribution < -0.4 is 11.1 Å². The van der Waals surface area contributed by atoms with E-state index in [1.165, 1.54) is 16.8 Å². The number of hydrogen-bond acceptors (Lipinski definition) is 8. The molecule has 2 atom stereocenters. The van der Waals surface area contributed by atoms with Crippen molar-refractivity contribution in [3.8, 4) is 11.1 Å². The first kappa shape index (κ1) is 26.2. The van der Waals surface area contributed by atoms with Crippen molar-refractivity contribution in [1.82, 2.24) is 34.7 Å². The smallest absolute Gasteiger partial charge is 0.381 e. The number of pyridine rings is 2. The summed E-state index contributed by atoms with van der Waals surface area (Å²) in [6.07, 6.45) is 2.38. The summed E-state index contributed by atoms with van der Waals surface area (Å²) in [4.78, 5) is 21.1. The van der Waals surface area contributed by atoms with Gasteiger partial charge in [-0.2, -0.15) is 23.3 Å². The molecule has 2 aliphatic heterocycles. The highest BCUT2D eigenvalue weighted by Gasteiger charge is 2.34. The number of halogens is 3. The van der Waals surface area contributed by atoms with Gasteiger partial charge in [0.1, 0.15) is 11.4 Å². The molecule has 0 spiro atoms. The lowest BCUT2D eigenvalue weighted by atomic mass is 9.87. The molecule has 1 unspecified atom stereocenters. The van der Waals surface area contributed by atoms with E-state index >= 15 is 0 Å². The van der Waals surface area contributed by atoms with E-state index in [4.69, 9.17) is 15.2 Å². The fraction of sp³-hybridized carbons (Fsp3) is 0.423. The maximum atomic E-state index is 13.2. The minimum Gasteiger partial charge on any atom is -0.381 e. The molecule has 0 aliphatic carbocycles. The average molecular weight is 557 g/mol. The average Bonchev–Trinajstić information content (AvgIpc) is 3.70. The highest BCUT2D eigenvalue weighted by molar-refractivity contribution is 5.95. The number of rotatable bonds is 6. The number of nitrogen functional groups attached to an aromatic ring is 1. The molecule has 1 amide bonds. The van der Waals surface area contributed by atoms with E-state index in [0.717, 1.165) is 18.9 Å². The summed E-state index contributed by atoms with van der Waals surface area (Å²) in [6.45, 7) is 2.13. The van der Waals surface area contributed by atoms with Crippen LogP contribution in [0.4, 0.5) is 19.1 Å². The zero-order valence-corrected chi connectivity index (χ0v) is 21.3. The first-order valence-corrected chi connectivity index (χ1v) is 13.0. The first-order valence-electron chi connectivity index (χ1n) is 13.0. The van der Waals surface area contributed by atoms with Crippen LogP contribution in [-0.2, 0) is 15.7 Å². The van der Waals surface area contributed by atoms with Crippen LogP contribution in [0.1, 0.15) is 47.1 Å². The molecule has 4 aromatic heterocycles. The van der Waals surface area contributed by atoms with Crippen molar-refractivity contribution in [2.45, 2.75) is 37.5 Å². The molecule has 6 rings (SSSR count). The van der Waals surface area contributed by atoms with Crippen molar-refractivity contribution in [1.29, 1.82) is 0 Å². The number of carbonyl (C=O) groups is 1. The zero-order valence-electron chi connectivity index (χ0n) is 21.3. The summed E-state index contributed by atoms with van der Waals surface area (Å²) in [5, 5.41) is 11.7. The first-order chi connectivity index (χ1) is 19.3. The van der Waals surface area contributed by atoms with Gasteiger partial charge >= 0.3 is 6.18 Å².